The Labute approximate surface area is 175 Å². The van der Waals surface area contributed by atoms with Gasteiger partial charge in [-0.2, -0.15) is 4.39 Å². The van der Waals surface area contributed by atoms with E-state index in [9.17, 15) is 22.7 Å². The van der Waals surface area contributed by atoms with Crippen LogP contribution in [0.15, 0.2) is 6.20 Å². The van der Waals surface area contributed by atoms with E-state index >= 15 is 0 Å². The number of unbranched alkanes of at least 4 members (excludes halogenated alkanes) is 2. The van der Waals surface area contributed by atoms with Gasteiger partial charge in [0, 0.05) is 6.54 Å². The molecule has 12 heteroatoms. The van der Waals surface area contributed by atoms with E-state index in [4.69, 9.17) is 4.74 Å². The van der Waals surface area contributed by atoms with E-state index < -0.39 is 28.4 Å². The molecule has 0 spiro atoms. The Morgan fingerprint density at radius 1 is 1.40 bits per heavy atom. The molecule has 3 rings (SSSR count). The second kappa shape index (κ2) is 9.94. The fourth-order valence-electron chi connectivity index (χ4n) is 3.08. The van der Waals surface area contributed by atoms with Gasteiger partial charge in [-0.15, -0.1) is 0 Å². The second-order valence-electron chi connectivity index (χ2n) is 7.78. The van der Waals surface area contributed by atoms with E-state index in [0.717, 1.165) is 12.8 Å². The number of hydrogen-bond acceptors (Lipinski definition) is 8. The number of rotatable bonds is 12. The molecule has 1 aromatic rings. The minimum absolute atomic E-state index is 0.0727. The van der Waals surface area contributed by atoms with Crippen LogP contribution in [-0.2, 0) is 14.8 Å². The van der Waals surface area contributed by atoms with E-state index in [0.29, 0.717) is 38.3 Å². The predicted molar refractivity (Wildman–Crippen MR) is 105 cm³/mol. The number of aliphatic hydroxyl groups excluding tert-OH is 1. The molecule has 168 valence electrons. The summed E-state index contributed by atoms with van der Waals surface area (Å²) in [6.07, 6.45) is 4.04. The van der Waals surface area contributed by atoms with Crippen molar-refractivity contribution in [3.05, 3.63) is 17.8 Å². The van der Waals surface area contributed by atoms with Gasteiger partial charge in [0.2, 0.25) is 15.9 Å². The van der Waals surface area contributed by atoms with E-state index in [1.165, 1.54) is 6.20 Å². The lowest BCUT2D eigenvalue weighted by Crippen LogP contribution is -2.36. The first-order valence-electron chi connectivity index (χ1n) is 10.1. The summed E-state index contributed by atoms with van der Waals surface area (Å²) < 4.78 is 46.3. The fraction of sp³-hybridized carbons (Fsp3) is 0.722. The molecule has 30 heavy (non-hydrogen) atoms. The zero-order valence-electron chi connectivity index (χ0n) is 16.9. The molecule has 2 fully saturated rings. The van der Waals surface area contributed by atoms with Crippen LogP contribution in [0.25, 0.3) is 0 Å². The van der Waals surface area contributed by atoms with Gasteiger partial charge in [-0.05, 0) is 38.5 Å². The van der Waals surface area contributed by atoms with E-state index in [2.05, 4.69) is 20.0 Å². The van der Waals surface area contributed by atoms with Crippen LogP contribution in [0, 0.1) is 11.9 Å². The maximum absolute atomic E-state index is 13.8. The molecule has 3 N–H and O–H groups in total. The van der Waals surface area contributed by atoms with Crippen molar-refractivity contribution in [2.24, 2.45) is 5.92 Å². The molecule has 1 aromatic heterocycles. The van der Waals surface area contributed by atoms with Crippen LogP contribution in [0.5, 0.6) is 5.88 Å². The Morgan fingerprint density at radius 3 is 2.83 bits per heavy atom. The number of carbonyl (C=O) groups is 1. The van der Waals surface area contributed by atoms with Crippen LogP contribution in [0.1, 0.15) is 50.8 Å². The van der Waals surface area contributed by atoms with Gasteiger partial charge in [0.1, 0.15) is 0 Å². The number of sulfonamides is 1. The molecule has 2 aliphatic rings. The highest BCUT2D eigenvalue weighted by Gasteiger charge is 2.27. The number of carbonyl (C=O) groups excluding carboxylic acids is 1. The number of halogens is 1. The lowest BCUT2D eigenvalue weighted by Gasteiger charge is -2.17. The van der Waals surface area contributed by atoms with Crippen LogP contribution in [0.4, 0.5) is 4.39 Å². The third kappa shape index (κ3) is 6.83. The number of ether oxygens (including phenoxy) is 1. The van der Waals surface area contributed by atoms with Crippen LogP contribution in [0.2, 0.25) is 0 Å². The quantitative estimate of drug-likeness (QED) is 0.390. The number of nitrogens with one attached hydrogen (secondary N) is 2. The minimum Gasteiger partial charge on any atom is -0.474 e. The van der Waals surface area contributed by atoms with Crippen molar-refractivity contribution in [1.29, 1.82) is 0 Å². The van der Waals surface area contributed by atoms with Gasteiger partial charge >= 0.3 is 0 Å². The molecule has 1 aliphatic carbocycles. The highest BCUT2D eigenvalue weighted by atomic mass is 32.2. The monoisotopic (exact) mass is 445 g/mol. The minimum atomic E-state index is -3.57. The van der Waals surface area contributed by atoms with Crippen LogP contribution in [-0.4, -0.2) is 66.1 Å². The van der Waals surface area contributed by atoms with Crippen molar-refractivity contribution in [2.45, 2.75) is 51.4 Å². The van der Waals surface area contributed by atoms with Crippen molar-refractivity contribution >= 4 is 15.9 Å². The molecular formula is C18H28FN5O5S. The number of aromatic nitrogens is 2. The SMILES string of the molecule is C[C@@H](NS(=O)(=O)CCCCCN1CC(=O)NC1O)c1cnc(F)c(OCC2CC2)n1. The molecular weight excluding hydrogens is 417 g/mol. The Morgan fingerprint density at radius 2 is 2.17 bits per heavy atom. The summed E-state index contributed by atoms with van der Waals surface area (Å²) >= 11 is 0. The molecule has 1 unspecified atom stereocenters. The number of hydrogen-bond donors (Lipinski definition) is 3. The summed E-state index contributed by atoms with van der Waals surface area (Å²) in [5, 5.41) is 12.0. The average Bonchev–Trinajstić information content (AvgIpc) is 3.44. The third-order valence-electron chi connectivity index (χ3n) is 5.01. The Kier molecular flexibility index (Phi) is 7.55. The lowest BCUT2D eigenvalue weighted by molar-refractivity contribution is -0.119. The van der Waals surface area contributed by atoms with Crippen molar-refractivity contribution in [3.63, 3.8) is 0 Å². The zero-order chi connectivity index (χ0) is 21.7. The lowest BCUT2D eigenvalue weighted by atomic mass is 10.2. The van der Waals surface area contributed by atoms with Gasteiger partial charge in [0.05, 0.1) is 36.8 Å². The molecule has 0 aromatic carbocycles. The maximum atomic E-state index is 13.8. The van der Waals surface area contributed by atoms with E-state index in [-0.39, 0.29) is 29.8 Å². The van der Waals surface area contributed by atoms with Crippen molar-refractivity contribution in [3.8, 4) is 5.88 Å². The van der Waals surface area contributed by atoms with Crippen molar-refractivity contribution in [1.82, 2.24) is 24.9 Å². The first-order chi connectivity index (χ1) is 14.2. The Bertz CT molecular complexity index is 851. The molecule has 2 atom stereocenters. The molecule has 1 amide bonds. The molecule has 10 nitrogen and oxygen atoms in total. The summed E-state index contributed by atoms with van der Waals surface area (Å²) in [7, 11) is -3.57. The maximum Gasteiger partial charge on any atom is 0.275 e. The Balaban J connectivity index is 1.41. The second-order valence-corrected chi connectivity index (χ2v) is 9.65. The standard InChI is InChI=1S/C18H28FN5O5S/c1-12(14-9-20-16(19)17(21-14)29-11-13-5-6-13)23-30(27,28)8-4-2-3-7-24-10-15(25)22-18(24)26/h9,12-13,18,23,26H,2-8,10-11H2,1H3,(H,22,25)/t12-,18?/m1/s1. The summed E-state index contributed by atoms with van der Waals surface area (Å²) in [5.74, 6) is -0.891. The fourth-order valence-corrected chi connectivity index (χ4v) is 4.44. The summed E-state index contributed by atoms with van der Waals surface area (Å²) in [6.45, 7) is 2.64. The molecule has 1 saturated heterocycles. The van der Waals surface area contributed by atoms with Gasteiger partial charge in [-0.3, -0.25) is 9.69 Å². The van der Waals surface area contributed by atoms with Crippen LogP contribution < -0.4 is 14.8 Å². The van der Waals surface area contributed by atoms with Crippen LogP contribution in [0.3, 0.4) is 0 Å². The van der Waals surface area contributed by atoms with Crippen LogP contribution >= 0.6 is 0 Å². The summed E-state index contributed by atoms with van der Waals surface area (Å²) in [4.78, 5) is 20.5. The normalized spacial score (nSPS) is 20.9. The van der Waals surface area contributed by atoms with E-state index in [1.54, 1.807) is 11.8 Å². The van der Waals surface area contributed by atoms with Gasteiger partial charge < -0.3 is 15.2 Å². The largest absolute Gasteiger partial charge is 0.474 e. The first-order valence-corrected chi connectivity index (χ1v) is 11.8. The number of nitrogens with zero attached hydrogens (tertiary/aromatic N) is 3. The summed E-state index contributed by atoms with van der Waals surface area (Å²) in [5.41, 5.74) is 0.283. The molecule has 0 bridgehead atoms. The predicted octanol–water partition coefficient (Wildman–Crippen LogP) is 0.263. The van der Waals surface area contributed by atoms with Crippen molar-refractivity contribution < 1.29 is 27.4 Å². The number of amides is 1. The average molecular weight is 446 g/mol. The first kappa shape index (κ1) is 22.8. The van der Waals surface area contributed by atoms with Gasteiger partial charge in [-0.25, -0.2) is 23.1 Å². The molecule has 2 heterocycles. The van der Waals surface area contributed by atoms with E-state index in [1.807, 2.05) is 0 Å². The highest BCUT2D eigenvalue weighted by Crippen LogP contribution is 2.29. The summed E-state index contributed by atoms with van der Waals surface area (Å²) in [6, 6.07) is -0.678. The van der Waals surface area contributed by atoms with Gasteiger partial charge in [-0.1, -0.05) is 6.42 Å². The van der Waals surface area contributed by atoms with Crippen molar-refractivity contribution in [2.75, 3.05) is 25.4 Å². The third-order valence-corrected chi connectivity index (χ3v) is 6.55. The van der Waals surface area contributed by atoms with Gasteiger partial charge in [0.15, 0.2) is 6.35 Å². The zero-order valence-corrected chi connectivity index (χ0v) is 17.7. The molecule has 1 aliphatic heterocycles. The molecule has 1 saturated carbocycles. The smallest absolute Gasteiger partial charge is 0.275 e. The van der Waals surface area contributed by atoms with Gasteiger partial charge in [0.25, 0.3) is 11.8 Å². The molecule has 0 radical (unpaired) electrons. The Hall–Kier alpha value is -1.89. The highest BCUT2D eigenvalue weighted by molar-refractivity contribution is 7.89. The number of aliphatic hydroxyl groups is 1. The topological polar surface area (TPSA) is 134 Å².